The molecule has 3 N–H and O–H groups in total. The van der Waals surface area contributed by atoms with Gasteiger partial charge in [0.2, 0.25) is 0 Å². The lowest BCUT2D eigenvalue weighted by atomic mass is 9.90. The molecule has 1 aromatic carbocycles. The summed E-state index contributed by atoms with van der Waals surface area (Å²) in [6, 6.07) is 6.42. The Labute approximate surface area is 141 Å². The van der Waals surface area contributed by atoms with E-state index in [2.05, 4.69) is 40.4 Å². The van der Waals surface area contributed by atoms with E-state index < -0.39 is 0 Å². The van der Waals surface area contributed by atoms with Crippen LogP contribution in [0.5, 0.6) is 0 Å². The quantitative estimate of drug-likeness (QED) is 0.666. The second-order valence-electron chi connectivity index (χ2n) is 6.04. The fourth-order valence-electron chi connectivity index (χ4n) is 2.99. The van der Waals surface area contributed by atoms with Crippen LogP contribution in [0.25, 0.3) is 0 Å². The second kappa shape index (κ2) is 7.13. The third-order valence-corrected chi connectivity index (χ3v) is 5.47. The SMILES string of the molecule is Cc1nc(CCN=C(N)Nc2cccc3c2CCCC3)sc1C. The number of nitrogens with zero attached hydrogens (tertiary/aromatic N) is 2. The molecule has 0 saturated heterocycles. The summed E-state index contributed by atoms with van der Waals surface area (Å²) in [5.74, 6) is 0.494. The summed E-state index contributed by atoms with van der Waals surface area (Å²) < 4.78 is 0. The maximum atomic E-state index is 6.06. The van der Waals surface area contributed by atoms with E-state index in [0.717, 1.165) is 29.2 Å². The number of benzene rings is 1. The summed E-state index contributed by atoms with van der Waals surface area (Å²) in [5.41, 5.74) is 11.1. The molecule has 1 heterocycles. The average molecular weight is 328 g/mol. The number of aromatic nitrogens is 1. The molecule has 1 aliphatic carbocycles. The number of hydrogen-bond donors (Lipinski definition) is 2. The number of guanidine groups is 1. The summed E-state index contributed by atoms with van der Waals surface area (Å²) in [7, 11) is 0. The molecular weight excluding hydrogens is 304 g/mol. The summed E-state index contributed by atoms with van der Waals surface area (Å²) in [6.07, 6.45) is 5.68. The number of aliphatic imine (C=N–C) groups is 1. The third kappa shape index (κ3) is 3.91. The molecule has 5 heteroatoms. The fourth-order valence-corrected chi connectivity index (χ4v) is 3.92. The molecule has 0 bridgehead atoms. The number of nitrogens with two attached hydrogens (primary N) is 1. The number of anilines is 1. The summed E-state index contributed by atoms with van der Waals surface area (Å²) in [4.78, 5) is 10.3. The Morgan fingerprint density at radius 3 is 2.91 bits per heavy atom. The van der Waals surface area contributed by atoms with Crippen molar-refractivity contribution in [2.75, 3.05) is 11.9 Å². The Kier molecular flexibility index (Phi) is 4.96. The van der Waals surface area contributed by atoms with Crippen LogP contribution in [0.2, 0.25) is 0 Å². The van der Waals surface area contributed by atoms with Gasteiger partial charge in [-0.25, -0.2) is 4.98 Å². The molecule has 0 radical (unpaired) electrons. The van der Waals surface area contributed by atoms with Gasteiger partial charge in [-0.2, -0.15) is 0 Å². The van der Waals surface area contributed by atoms with Crippen molar-refractivity contribution in [2.24, 2.45) is 10.7 Å². The summed E-state index contributed by atoms with van der Waals surface area (Å²) in [5, 5.41) is 4.42. The van der Waals surface area contributed by atoms with Crippen LogP contribution in [0.1, 0.15) is 39.5 Å². The molecule has 3 rings (SSSR count). The van der Waals surface area contributed by atoms with Crippen molar-refractivity contribution >= 4 is 23.0 Å². The minimum absolute atomic E-state index is 0.494. The van der Waals surface area contributed by atoms with Crippen molar-refractivity contribution in [3.8, 4) is 0 Å². The minimum Gasteiger partial charge on any atom is -0.370 e. The molecule has 0 unspecified atom stereocenters. The normalized spacial score (nSPS) is 14.6. The fraction of sp³-hybridized carbons (Fsp3) is 0.444. The van der Waals surface area contributed by atoms with E-state index >= 15 is 0 Å². The number of thiazole rings is 1. The maximum absolute atomic E-state index is 6.06. The number of hydrogen-bond acceptors (Lipinski definition) is 3. The Hall–Kier alpha value is -1.88. The van der Waals surface area contributed by atoms with Crippen LogP contribution in [-0.4, -0.2) is 17.5 Å². The molecule has 0 spiro atoms. The molecule has 2 aromatic rings. The van der Waals surface area contributed by atoms with Gasteiger partial charge >= 0.3 is 0 Å². The van der Waals surface area contributed by atoms with Crippen molar-refractivity contribution in [3.05, 3.63) is 44.9 Å². The lowest BCUT2D eigenvalue weighted by molar-refractivity contribution is 0.687. The number of rotatable bonds is 4. The first-order valence-corrected chi connectivity index (χ1v) is 9.06. The molecule has 1 aromatic heterocycles. The highest BCUT2D eigenvalue weighted by Gasteiger charge is 2.13. The molecule has 4 nitrogen and oxygen atoms in total. The zero-order valence-electron chi connectivity index (χ0n) is 13.9. The van der Waals surface area contributed by atoms with E-state index in [1.165, 1.54) is 35.3 Å². The molecule has 0 fully saturated rings. The van der Waals surface area contributed by atoms with Gasteiger partial charge < -0.3 is 11.1 Å². The van der Waals surface area contributed by atoms with E-state index in [-0.39, 0.29) is 0 Å². The zero-order valence-corrected chi connectivity index (χ0v) is 14.7. The van der Waals surface area contributed by atoms with E-state index in [4.69, 9.17) is 5.73 Å². The molecule has 0 amide bonds. The van der Waals surface area contributed by atoms with Gasteiger partial charge in [-0.15, -0.1) is 11.3 Å². The molecular formula is C18H24N4S. The average Bonchev–Trinajstić information content (AvgIpc) is 2.86. The van der Waals surface area contributed by atoms with Crippen molar-refractivity contribution < 1.29 is 0 Å². The Balaban J connectivity index is 1.61. The highest BCUT2D eigenvalue weighted by molar-refractivity contribution is 7.11. The van der Waals surface area contributed by atoms with Crippen molar-refractivity contribution in [1.82, 2.24) is 4.98 Å². The van der Waals surface area contributed by atoms with Gasteiger partial charge in [-0.1, -0.05) is 12.1 Å². The first-order chi connectivity index (χ1) is 11.1. The van der Waals surface area contributed by atoms with Gasteiger partial charge in [0.15, 0.2) is 5.96 Å². The van der Waals surface area contributed by atoms with Crippen molar-refractivity contribution in [3.63, 3.8) is 0 Å². The van der Waals surface area contributed by atoms with Gasteiger partial charge in [0, 0.05) is 23.5 Å². The van der Waals surface area contributed by atoms with E-state index in [0.29, 0.717) is 12.5 Å². The van der Waals surface area contributed by atoms with Crippen molar-refractivity contribution in [2.45, 2.75) is 46.0 Å². The van der Waals surface area contributed by atoms with Gasteiger partial charge in [-0.3, -0.25) is 4.99 Å². The molecule has 0 aliphatic heterocycles. The molecule has 0 saturated carbocycles. The standard InChI is InChI=1S/C18H24N4S/c1-12-13(2)23-17(21-12)10-11-20-18(19)22-16-9-5-7-14-6-3-4-8-15(14)16/h5,7,9H,3-4,6,8,10-11H2,1-2H3,(H3,19,20,22). The van der Waals surface area contributed by atoms with Crippen molar-refractivity contribution in [1.29, 1.82) is 0 Å². The van der Waals surface area contributed by atoms with Crippen LogP contribution in [-0.2, 0) is 19.3 Å². The predicted molar refractivity (Wildman–Crippen MR) is 98.5 cm³/mol. The van der Waals surface area contributed by atoms with Crippen LogP contribution in [0.3, 0.4) is 0 Å². The molecule has 122 valence electrons. The minimum atomic E-state index is 0.494. The topological polar surface area (TPSA) is 63.3 Å². The first kappa shape index (κ1) is 16.0. The summed E-state index contributed by atoms with van der Waals surface area (Å²) >= 11 is 1.75. The molecule has 23 heavy (non-hydrogen) atoms. The molecule has 0 atom stereocenters. The largest absolute Gasteiger partial charge is 0.370 e. The zero-order chi connectivity index (χ0) is 16.2. The highest BCUT2D eigenvalue weighted by atomic mass is 32.1. The van der Waals surface area contributed by atoms with Crippen LogP contribution in [0, 0.1) is 13.8 Å². The third-order valence-electron chi connectivity index (χ3n) is 4.34. The number of fused-ring (bicyclic) bond motifs is 1. The molecule has 1 aliphatic rings. The van der Waals surface area contributed by atoms with Crippen LogP contribution < -0.4 is 11.1 Å². The van der Waals surface area contributed by atoms with E-state index in [9.17, 15) is 0 Å². The van der Waals surface area contributed by atoms with Gasteiger partial charge in [-0.05, 0) is 56.7 Å². The lowest BCUT2D eigenvalue weighted by Crippen LogP contribution is -2.24. The second-order valence-corrected chi connectivity index (χ2v) is 7.33. The van der Waals surface area contributed by atoms with Gasteiger partial charge in [0.1, 0.15) is 0 Å². The van der Waals surface area contributed by atoms with Crippen LogP contribution in [0.15, 0.2) is 23.2 Å². The predicted octanol–water partition coefficient (Wildman–Crippen LogP) is 3.61. The highest BCUT2D eigenvalue weighted by Crippen LogP contribution is 2.27. The Morgan fingerprint density at radius 1 is 1.30 bits per heavy atom. The monoisotopic (exact) mass is 328 g/mol. The Bertz CT molecular complexity index is 698. The van der Waals surface area contributed by atoms with Gasteiger partial charge in [0.25, 0.3) is 0 Å². The van der Waals surface area contributed by atoms with E-state index in [1.54, 1.807) is 11.3 Å². The van der Waals surface area contributed by atoms with Crippen LogP contribution >= 0.6 is 11.3 Å². The maximum Gasteiger partial charge on any atom is 0.193 e. The first-order valence-electron chi connectivity index (χ1n) is 8.24. The smallest absolute Gasteiger partial charge is 0.193 e. The van der Waals surface area contributed by atoms with Crippen LogP contribution in [0.4, 0.5) is 5.69 Å². The lowest BCUT2D eigenvalue weighted by Gasteiger charge is -2.19. The number of nitrogens with one attached hydrogen (secondary N) is 1. The summed E-state index contributed by atoms with van der Waals surface area (Å²) in [6.45, 7) is 4.82. The Morgan fingerprint density at radius 2 is 2.13 bits per heavy atom. The van der Waals surface area contributed by atoms with Gasteiger partial charge in [0.05, 0.1) is 10.7 Å². The number of aryl methyl sites for hydroxylation is 3. The van der Waals surface area contributed by atoms with E-state index in [1.807, 2.05) is 6.92 Å².